The van der Waals surface area contributed by atoms with Gasteiger partial charge < -0.3 is 9.73 Å². The third-order valence-corrected chi connectivity index (χ3v) is 3.25. The molecule has 0 bridgehead atoms. The second-order valence-electron chi connectivity index (χ2n) is 4.33. The van der Waals surface area contributed by atoms with Gasteiger partial charge in [0.1, 0.15) is 5.82 Å². The molecule has 0 saturated carbocycles. The average Bonchev–Trinajstić information content (AvgIpc) is 2.65. The molecule has 0 spiro atoms. The number of nitrogens with zero attached hydrogens (tertiary/aromatic N) is 1. The minimum absolute atomic E-state index is 0. The summed E-state index contributed by atoms with van der Waals surface area (Å²) in [4.78, 5) is 11.8. The SMILES string of the molecule is Cl.O=c1oc2ccc(F)cc2n1C1CCNCC1. The van der Waals surface area contributed by atoms with Crippen LogP contribution in [0.2, 0.25) is 0 Å². The molecule has 2 heterocycles. The van der Waals surface area contributed by atoms with Gasteiger partial charge in [0.2, 0.25) is 0 Å². The lowest BCUT2D eigenvalue weighted by Gasteiger charge is -2.23. The van der Waals surface area contributed by atoms with Crippen LogP contribution < -0.4 is 11.1 Å². The van der Waals surface area contributed by atoms with Gasteiger partial charge in [-0.3, -0.25) is 4.57 Å². The highest BCUT2D eigenvalue weighted by atomic mass is 35.5. The summed E-state index contributed by atoms with van der Waals surface area (Å²) < 4.78 is 19.9. The molecule has 1 aliphatic rings. The summed E-state index contributed by atoms with van der Waals surface area (Å²) in [6, 6.07) is 4.27. The monoisotopic (exact) mass is 272 g/mol. The van der Waals surface area contributed by atoms with E-state index in [1.165, 1.54) is 18.2 Å². The number of aromatic nitrogens is 1. The Kier molecular flexibility index (Phi) is 3.73. The van der Waals surface area contributed by atoms with Crippen molar-refractivity contribution in [3.63, 3.8) is 0 Å². The van der Waals surface area contributed by atoms with Gasteiger partial charge in [-0.1, -0.05) is 0 Å². The van der Waals surface area contributed by atoms with E-state index in [-0.39, 0.29) is 24.3 Å². The molecule has 18 heavy (non-hydrogen) atoms. The number of hydrogen-bond donors (Lipinski definition) is 1. The number of oxazole rings is 1. The van der Waals surface area contributed by atoms with Crippen molar-refractivity contribution in [3.05, 3.63) is 34.6 Å². The molecular weight excluding hydrogens is 259 g/mol. The standard InChI is InChI=1S/C12H13FN2O2.ClH/c13-8-1-2-11-10(7-8)15(12(16)17-11)9-3-5-14-6-4-9;/h1-2,7,9,14H,3-6H2;1H. The molecule has 6 heteroatoms. The zero-order chi connectivity index (χ0) is 11.8. The molecule has 0 unspecified atom stereocenters. The largest absolute Gasteiger partial charge is 0.420 e. The van der Waals surface area contributed by atoms with E-state index in [2.05, 4.69) is 5.32 Å². The Labute approximate surface area is 109 Å². The van der Waals surface area contributed by atoms with E-state index in [1.54, 1.807) is 4.57 Å². The van der Waals surface area contributed by atoms with E-state index in [4.69, 9.17) is 4.42 Å². The average molecular weight is 273 g/mol. The van der Waals surface area contributed by atoms with Gasteiger partial charge in [-0.2, -0.15) is 0 Å². The van der Waals surface area contributed by atoms with Crippen LogP contribution in [0.15, 0.2) is 27.4 Å². The van der Waals surface area contributed by atoms with Gasteiger partial charge in [0.15, 0.2) is 5.58 Å². The molecule has 1 fully saturated rings. The number of halogens is 2. The zero-order valence-electron chi connectivity index (χ0n) is 9.69. The van der Waals surface area contributed by atoms with Gasteiger partial charge in [0.25, 0.3) is 0 Å². The predicted octanol–water partition coefficient (Wildman–Crippen LogP) is 2.08. The molecule has 1 aromatic heterocycles. The fraction of sp³-hybridized carbons (Fsp3) is 0.417. The Morgan fingerprint density at radius 3 is 2.78 bits per heavy atom. The van der Waals surface area contributed by atoms with Crippen LogP contribution in [-0.2, 0) is 0 Å². The summed E-state index contributed by atoms with van der Waals surface area (Å²) in [5.41, 5.74) is 1.01. The molecule has 0 aliphatic carbocycles. The first-order valence-electron chi connectivity index (χ1n) is 5.77. The van der Waals surface area contributed by atoms with Crippen LogP contribution in [-0.4, -0.2) is 17.7 Å². The van der Waals surface area contributed by atoms with Gasteiger partial charge in [-0.05, 0) is 38.1 Å². The van der Waals surface area contributed by atoms with Crippen molar-refractivity contribution in [2.75, 3.05) is 13.1 Å². The number of benzene rings is 1. The first-order chi connectivity index (χ1) is 8.25. The lowest BCUT2D eigenvalue weighted by atomic mass is 10.1. The quantitative estimate of drug-likeness (QED) is 0.865. The minimum Gasteiger partial charge on any atom is -0.408 e. The second kappa shape index (κ2) is 5.12. The Morgan fingerprint density at radius 2 is 2.06 bits per heavy atom. The van der Waals surface area contributed by atoms with Crippen LogP contribution in [0, 0.1) is 5.82 Å². The van der Waals surface area contributed by atoms with E-state index in [0.717, 1.165) is 25.9 Å². The molecule has 0 amide bonds. The molecular formula is C12H14ClFN2O2. The zero-order valence-corrected chi connectivity index (χ0v) is 10.5. The first-order valence-corrected chi connectivity index (χ1v) is 5.77. The third-order valence-electron chi connectivity index (χ3n) is 3.25. The maximum absolute atomic E-state index is 13.2. The van der Waals surface area contributed by atoms with Crippen molar-refractivity contribution in [3.8, 4) is 0 Å². The van der Waals surface area contributed by atoms with E-state index in [1.807, 2.05) is 0 Å². The molecule has 0 radical (unpaired) electrons. The molecule has 1 saturated heterocycles. The Morgan fingerprint density at radius 1 is 1.33 bits per heavy atom. The topological polar surface area (TPSA) is 47.2 Å². The van der Waals surface area contributed by atoms with E-state index < -0.39 is 5.76 Å². The molecule has 98 valence electrons. The summed E-state index contributed by atoms with van der Waals surface area (Å²) in [6.45, 7) is 1.75. The molecule has 2 aromatic rings. The number of hydrogen-bond acceptors (Lipinski definition) is 3. The van der Waals surface area contributed by atoms with Crippen molar-refractivity contribution in [1.29, 1.82) is 0 Å². The van der Waals surface area contributed by atoms with Gasteiger partial charge in [0.05, 0.1) is 5.52 Å². The lowest BCUT2D eigenvalue weighted by molar-refractivity contribution is 0.349. The normalized spacial score (nSPS) is 16.7. The number of piperidine rings is 1. The second-order valence-corrected chi connectivity index (χ2v) is 4.33. The molecule has 1 aromatic carbocycles. The highest BCUT2D eigenvalue weighted by Crippen LogP contribution is 2.23. The lowest BCUT2D eigenvalue weighted by Crippen LogP contribution is -2.32. The highest BCUT2D eigenvalue weighted by Gasteiger charge is 2.20. The summed E-state index contributed by atoms with van der Waals surface area (Å²) in [6.07, 6.45) is 1.73. The van der Waals surface area contributed by atoms with Crippen LogP contribution in [0.3, 0.4) is 0 Å². The van der Waals surface area contributed by atoms with Crippen LogP contribution in [0.25, 0.3) is 11.1 Å². The van der Waals surface area contributed by atoms with Gasteiger partial charge >= 0.3 is 5.76 Å². The van der Waals surface area contributed by atoms with Crippen LogP contribution >= 0.6 is 12.4 Å². The van der Waals surface area contributed by atoms with E-state index in [9.17, 15) is 9.18 Å². The smallest absolute Gasteiger partial charge is 0.408 e. The van der Waals surface area contributed by atoms with Gasteiger partial charge in [-0.25, -0.2) is 9.18 Å². The van der Waals surface area contributed by atoms with Crippen molar-refractivity contribution in [2.45, 2.75) is 18.9 Å². The maximum Gasteiger partial charge on any atom is 0.420 e. The Balaban J connectivity index is 0.00000120. The van der Waals surface area contributed by atoms with Crippen molar-refractivity contribution in [2.24, 2.45) is 0 Å². The van der Waals surface area contributed by atoms with Gasteiger partial charge in [0, 0.05) is 12.1 Å². The van der Waals surface area contributed by atoms with E-state index in [0.29, 0.717) is 11.1 Å². The first kappa shape index (κ1) is 13.1. The molecule has 3 rings (SSSR count). The summed E-state index contributed by atoms with van der Waals surface area (Å²) >= 11 is 0. The van der Waals surface area contributed by atoms with Gasteiger partial charge in [-0.15, -0.1) is 12.4 Å². The number of rotatable bonds is 1. The van der Waals surface area contributed by atoms with E-state index >= 15 is 0 Å². The van der Waals surface area contributed by atoms with Crippen LogP contribution in [0.1, 0.15) is 18.9 Å². The number of fused-ring (bicyclic) bond motifs is 1. The minimum atomic E-state index is -0.391. The highest BCUT2D eigenvalue weighted by molar-refractivity contribution is 5.85. The fourth-order valence-corrected chi connectivity index (χ4v) is 2.42. The molecule has 1 N–H and O–H groups in total. The van der Waals surface area contributed by atoms with Crippen molar-refractivity contribution in [1.82, 2.24) is 9.88 Å². The third kappa shape index (κ3) is 2.15. The fourth-order valence-electron chi connectivity index (χ4n) is 2.42. The number of nitrogens with one attached hydrogen (secondary N) is 1. The van der Waals surface area contributed by atoms with Crippen LogP contribution in [0.5, 0.6) is 0 Å². The van der Waals surface area contributed by atoms with Crippen LogP contribution in [0.4, 0.5) is 4.39 Å². The molecule has 1 aliphatic heterocycles. The summed E-state index contributed by atoms with van der Waals surface area (Å²) in [5.74, 6) is -0.738. The maximum atomic E-state index is 13.2. The van der Waals surface area contributed by atoms with Crippen molar-refractivity contribution < 1.29 is 8.81 Å². The van der Waals surface area contributed by atoms with Crippen molar-refractivity contribution >= 4 is 23.5 Å². The summed E-state index contributed by atoms with van der Waals surface area (Å²) in [7, 11) is 0. The molecule has 0 atom stereocenters. The Hall–Kier alpha value is -1.33. The summed E-state index contributed by atoms with van der Waals surface area (Å²) in [5, 5.41) is 3.24. The Bertz CT molecular complexity index is 602. The predicted molar refractivity (Wildman–Crippen MR) is 68.8 cm³/mol. The molecule has 4 nitrogen and oxygen atoms in total.